The number of hydrogen-bond donors (Lipinski definition) is 1. The number of nitrogens with one attached hydrogen (secondary N) is 1. The van der Waals surface area contributed by atoms with Crippen molar-refractivity contribution in [2.24, 2.45) is 11.8 Å². The van der Waals surface area contributed by atoms with Crippen LogP contribution in [-0.2, 0) is 0 Å². The molecule has 3 atom stereocenters. The van der Waals surface area contributed by atoms with Crippen LogP contribution in [0, 0.1) is 11.8 Å². The Morgan fingerprint density at radius 3 is 2.74 bits per heavy atom. The Morgan fingerprint density at radius 1 is 1.16 bits per heavy atom. The minimum Gasteiger partial charge on any atom is -0.307 e. The van der Waals surface area contributed by atoms with Gasteiger partial charge in [0.25, 0.3) is 0 Å². The van der Waals surface area contributed by atoms with E-state index in [0.717, 1.165) is 16.9 Å². The highest BCUT2D eigenvalue weighted by Gasteiger charge is 2.34. The first-order valence-electron chi connectivity index (χ1n) is 7.74. The summed E-state index contributed by atoms with van der Waals surface area (Å²) in [7, 11) is 0. The van der Waals surface area contributed by atoms with Gasteiger partial charge in [-0.3, -0.25) is 0 Å². The van der Waals surface area contributed by atoms with Crippen LogP contribution in [0.1, 0.15) is 57.1 Å². The van der Waals surface area contributed by atoms with Crippen molar-refractivity contribution in [2.45, 2.75) is 57.5 Å². The van der Waals surface area contributed by atoms with Crippen LogP contribution < -0.4 is 5.32 Å². The van der Waals surface area contributed by atoms with Crippen LogP contribution in [0.2, 0.25) is 5.02 Å². The number of hydrogen-bond acceptors (Lipinski definition) is 1. The summed E-state index contributed by atoms with van der Waals surface area (Å²) in [6.45, 7) is 2.26. The van der Waals surface area contributed by atoms with Crippen molar-refractivity contribution in [1.82, 2.24) is 5.32 Å². The summed E-state index contributed by atoms with van der Waals surface area (Å²) in [4.78, 5) is 0. The summed E-state index contributed by atoms with van der Waals surface area (Å²) in [5.74, 6) is 2.06. The van der Waals surface area contributed by atoms with Crippen LogP contribution >= 0.6 is 11.6 Å². The van der Waals surface area contributed by atoms with Crippen LogP contribution in [-0.4, -0.2) is 6.04 Å². The van der Waals surface area contributed by atoms with Gasteiger partial charge >= 0.3 is 0 Å². The average molecular weight is 278 g/mol. The molecule has 1 aromatic carbocycles. The van der Waals surface area contributed by atoms with E-state index in [2.05, 4.69) is 24.4 Å². The van der Waals surface area contributed by atoms with E-state index in [4.69, 9.17) is 11.6 Å². The van der Waals surface area contributed by atoms with Crippen molar-refractivity contribution < 1.29 is 0 Å². The van der Waals surface area contributed by atoms with Gasteiger partial charge in [-0.25, -0.2) is 0 Å². The summed E-state index contributed by atoms with van der Waals surface area (Å²) in [6.07, 6.45) is 8.57. The second-order valence-corrected chi connectivity index (χ2v) is 6.84. The molecule has 0 aromatic heterocycles. The maximum atomic E-state index is 6.08. The van der Waals surface area contributed by atoms with Crippen molar-refractivity contribution in [1.29, 1.82) is 0 Å². The van der Waals surface area contributed by atoms with Crippen LogP contribution in [0.3, 0.4) is 0 Å². The predicted octanol–water partition coefficient (Wildman–Crippen LogP) is 4.96. The minimum atomic E-state index is 0.404. The molecule has 104 valence electrons. The van der Waals surface area contributed by atoms with Crippen molar-refractivity contribution in [2.75, 3.05) is 0 Å². The van der Waals surface area contributed by atoms with Crippen LogP contribution in [0.15, 0.2) is 24.3 Å². The van der Waals surface area contributed by atoms with Gasteiger partial charge in [-0.2, -0.15) is 0 Å². The van der Waals surface area contributed by atoms with Crippen molar-refractivity contribution in [3.8, 4) is 0 Å². The van der Waals surface area contributed by atoms with Gasteiger partial charge in [0.2, 0.25) is 0 Å². The Bertz CT molecular complexity index is 427. The van der Waals surface area contributed by atoms with Gasteiger partial charge in [0.15, 0.2) is 0 Å². The molecule has 1 nitrogen and oxygen atoms in total. The average Bonchev–Trinajstić information content (AvgIpc) is 3.23. The molecule has 0 heterocycles. The standard InChI is InChI=1S/C17H24ClN/c1-12(14-4-2-6-16(18)10-14)19-17-7-3-5-15(11-17)13-8-9-13/h2,4,6,10,12-13,15,17,19H,3,5,7-9,11H2,1H3. The van der Waals surface area contributed by atoms with Crippen LogP contribution in [0.25, 0.3) is 0 Å². The Labute approximate surface area is 121 Å². The molecule has 2 aliphatic carbocycles. The maximum absolute atomic E-state index is 6.08. The van der Waals surface area contributed by atoms with E-state index in [-0.39, 0.29) is 0 Å². The van der Waals surface area contributed by atoms with E-state index in [1.165, 1.54) is 44.1 Å². The molecule has 0 radical (unpaired) electrons. The first-order valence-corrected chi connectivity index (χ1v) is 8.11. The van der Waals surface area contributed by atoms with Crippen molar-refractivity contribution >= 4 is 11.6 Å². The summed E-state index contributed by atoms with van der Waals surface area (Å²) >= 11 is 6.08. The van der Waals surface area contributed by atoms with Crippen molar-refractivity contribution in [3.63, 3.8) is 0 Å². The Hall–Kier alpha value is -0.530. The summed E-state index contributed by atoms with van der Waals surface area (Å²) < 4.78 is 0. The SMILES string of the molecule is CC(NC1CCCC(C2CC2)C1)c1cccc(Cl)c1. The molecule has 0 bridgehead atoms. The van der Waals surface area contributed by atoms with Gasteiger partial charge in [-0.1, -0.05) is 36.6 Å². The Morgan fingerprint density at radius 2 is 2.00 bits per heavy atom. The molecule has 3 unspecified atom stereocenters. The molecular formula is C17H24ClN. The zero-order chi connectivity index (χ0) is 13.2. The van der Waals surface area contributed by atoms with Gasteiger partial charge in [0, 0.05) is 17.1 Å². The predicted molar refractivity (Wildman–Crippen MR) is 81.5 cm³/mol. The van der Waals surface area contributed by atoms with E-state index in [1.54, 1.807) is 0 Å². The number of rotatable bonds is 4. The second-order valence-electron chi connectivity index (χ2n) is 6.40. The molecule has 0 aliphatic heterocycles. The first-order chi connectivity index (χ1) is 9.22. The minimum absolute atomic E-state index is 0.404. The fourth-order valence-corrected chi connectivity index (χ4v) is 3.80. The van der Waals surface area contributed by atoms with E-state index in [9.17, 15) is 0 Å². The lowest BCUT2D eigenvalue weighted by Crippen LogP contribution is -2.36. The van der Waals surface area contributed by atoms with E-state index < -0.39 is 0 Å². The first kappa shape index (κ1) is 13.5. The third-order valence-corrected chi connectivity index (χ3v) is 5.07. The van der Waals surface area contributed by atoms with E-state index in [1.807, 2.05) is 12.1 Å². The fourth-order valence-electron chi connectivity index (χ4n) is 3.60. The molecule has 2 heteroatoms. The lowest BCUT2D eigenvalue weighted by molar-refractivity contribution is 0.249. The normalized spacial score (nSPS) is 29.2. The molecule has 1 N–H and O–H groups in total. The molecular weight excluding hydrogens is 254 g/mol. The lowest BCUT2D eigenvalue weighted by Gasteiger charge is -2.32. The lowest BCUT2D eigenvalue weighted by atomic mass is 9.82. The van der Waals surface area contributed by atoms with Gasteiger partial charge in [0.05, 0.1) is 0 Å². The quantitative estimate of drug-likeness (QED) is 0.820. The molecule has 2 saturated carbocycles. The molecule has 0 spiro atoms. The Balaban J connectivity index is 1.57. The van der Waals surface area contributed by atoms with Crippen LogP contribution in [0.5, 0.6) is 0 Å². The molecule has 2 fully saturated rings. The highest BCUT2D eigenvalue weighted by molar-refractivity contribution is 6.30. The number of halogens is 1. The van der Waals surface area contributed by atoms with Gasteiger partial charge in [-0.05, 0) is 62.1 Å². The second kappa shape index (κ2) is 5.85. The molecule has 1 aromatic rings. The molecule has 0 amide bonds. The monoisotopic (exact) mass is 277 g/mol. The van der Waals surface area contributed by atoms with E-state index in [0.29, 0.717) is 12.1 Å². The maximum Gasteiger partial charge on any atom is 0.0409 e. The Kier molecular flexibility index (Phi) is 4.14. The van der Waals surface area contributed by atoms with Gasteiger partial charge in [0.1, 0.15) is 0 Å². The summed E-state index contributed by atoms with van der Waals surface area (Å²) in [5, 5.41) is 4.65. The third kappa shape index (κ3) is 3.52. The molecule has 2 aliphatic rings. The fraction of sp³-hybridized carbons (Fsp3) is 0.647. The molecule has 3 rings (SSSR count). The zero-order valence-electron chi connectivity index (χ0n) is 11.7. The van der Waals surface area contributed by atoms with Gasteiger partial charge in [-0.15, -0.1) is 0 Å². The van der Waals surface area contributed by atoms with E-state index >= 15 is 0 Å². The van der Waals surface area contributed by atoms with Gasteiger partial charge < -0.3 is 5.32 Å². The summed E-state index contributed by atoms with van der Waals surface area (Å²) in [5.41, 5.74) is 1.31. The largest absolute Gasteiger partial charge is 0.307 e. The number of benzene rings is 1. The molecule has 19 heavy (non-hydrogen) atoms. The molecule has 0 saturated heterocycles. The zero-order valence-corrected chi connectivity index (χ0v) is 12.5. The topological polar surface area (TPSA) is 12.0 Å². The van der Waals surface area contributed by atoms with Crippen LogP contribution in [0.4, 0.5) is 0 Å². The third-order valence-electron chi connectivity index (χ3n) is 4.84. The highest BCUT2D eigenvalue weighted by atomic mass is 35.5. The highest BCUT2D eigenvalue weighted by Crippen LogP contribution is 2.44. The summed E-state index contributed by atoms with van der Waals surface area (Å²) in [6, 6.07) is 9.35. The smallest absolute Gasteiger partial charge is 0.0409 e. The van der Waals surface area contributed by atoms with Crippen molar-refractivity contribution in [3.05, 3.63) is 34.9 Å².